The van der Waals surface area contributed by atoms with Crippen LogP contribution in [0, 0.1) is 0 Å². The van der Waals surface area contributed by atoms with Gasteiger partial charge >= 0.3 is 0 Å². The van der Waals surface area contributed by atoms with Crippen molar-refractivity contribution in [3.05, 3.63) is 64.7 Å². The second kappa shape index (κ2) is 4.98. The average Bonchev–Trinajstić information content (AvgIpc) is 2.71. The average molecular weight is 287 g/mol. The minimum absolute atomic E-state index is 0.0933. The molecule has 4 nitrogen and oxygen atoms in total. The smallest absolute Gasteiger partial charge is 0.263 e. The van der Waals surface area contributed by atoms with Gasteiger partial charge in [0.05, 0.1) is 28.5 Å². The highest BCUT2D eigenvalue weighted by Gasteiger charge is 2.34. The standard InChI is InChI=1S/C15H11ClN2O2/c16-12-7-3-4-8-13(12)17-9-18-14(19)10-5-1-2-6-11(10)15(18)20/h1-8,17H,9H2. The summed E-state index contributed by atoms with van der Waals surface area (Å²) < 4.78 is 0. The first-order valence-electron chi connectivity index (χ1n) is 6.12. The van der Waals surface area contributed by atoms with Crippen molar-refractivity contribution < 1.29 is 9.59 Å². The van der Waals surface area contributed by atoms with E-state index in [0.29, 0.717) is 21.8 Å². The van der Waals surface area contributed by atoms with E-state index in [9.17, 15) is 9.59 Å². The Hall–Kier alpha value is -2.33. The number of nitrogens with one attached hydrogen (secondary N) is 1. The molecule has 0 atom stereocenters. The van der Waals surface area contributed by atoms with Crippen molar-refractivity contribution in [3.8, 4) is 0 Å². The number of carbonyl (C=O) groups excluding carboxylic acids is 2. The number of amides is 2. The number of para-hydroxylation sites is 1. The fourth-order valence-corrected chi connectivity index (χ4v) is 2.35. The predicted molar refractivity (Wildman–Crippen MR) is 76.9 cm³/mol. The largest absolute Gasteiger partial charge is 0.366 e. The van der Waals surface area contributed by atoms with Crippen LogP contribution in [0.1, 0.15) is 20.7 Å². The summed E-state index contributed by atoms with van der Waals surface area (Å²) in [7, 11) is 0. The van der Waals surface area contributed by atoms with Gasteiger partial charge in [-0.3, -0.25) is 14.5 Å². The van der Waals surface area contributed by atoms with Crippen LogP contribution in [0.25, 0.3) is 0 Å². The fraction of sp³-hybridized carbons (Fsp3) is 0.0667. The second-order valence-corrected chi connectivity index (χ2v) is 4.81. The summed E-state index contributed by atoms with van der Waals surface area (Å²) in [6.45, 7) is 0.0933. The third-order valence-electron chi connectivity index (χ3n) is 3.18. The zero-order chi connectivity index (χ0) is 14.1. The molecule has 0 fully saturated rings. The maximum absolute atomic E-state index is 12.1. The summed E-state index contributed by atoms with van der Waals surface area (Å²) >= 11 is 6.02. The van der Waals surface area contributed by atoms with Gasteiger partial charge in [-0.05, 0) is 24.3 Å². The van der Waals surface area contributed by atoms with Gasteiger partial charge < -0.3 is 5.32 Å². The summed E-state index contributed by atoms with van der Waals surface area (Å²) in [6, 6.07) is 14.0. The van der Waals surface area contributed by atoms with Gasteiger partial charge in [-0.2, -0.15) is 0 Å². The lowest BCUT2D eigenvalue weighted by Gasteiger charge is -2.16. The molecule has 0 saturated carbocycles. The van der Waals surface area contributed by atoms with Crippen LogP contribution < -0.4 is 5.32 Å². The molecule has 5 heteroatoms. The van der Waals surface area contributed by atoms with Crippen LogP contribution >= 0.6 is 11.6 Å². The Morgan fingerprint density at radius 2 is 1.45 bits per heavy atom. The quantitative estimate of drug-likeness (QED) is 0.883. The molecule has 0 aromatic heterocycles. The number of hydrogen-bond donors (Lipinski definition) is 1. The van der Waals surface area contributed by atoms with Crippen molar-refractivity contribution in [2.45, 2.75) is 0 Å². The lowest BCUT2D eigenvalue weighted by molar-refractivity contribution is 0.0666. The number of benzene rings is 2. The Kier molecular flexibility index (Phi) is 3.16. The monoisotopic (exact) mass is 286 g/mol. The number of carbonyl (C=O) groups is 2. The Bertz CT molecular complexity index is 665. The molecule has 1 N–H and O–H groups in total. The molecular weight excluding hydrogens is 276 g/mol. The van der Waals surface area contributed by atoms with E-state index in [4.69, 9.17) is 11.6 Å². The molecule has 1 aliphatic heterocycles. The zero-order valence-corrected chi connectivity index (χ0v) is 11.2. The molecule has 0 saturated heterocycles. The van der Waals surface area contributed by atoms with E-state index in [1.165, 1.54) is 4.90 Å². The number of nitrogens with zero attached hydrogens (tertiary/aromatic N) is 1. The SMILES string of the molecule is O=C1c2ccccc2C(=O)N1CNc1ccccc1Cl. The molecule has 0 unspecified atom stereocenters. The van der Waals surface area contributed by atoms with Crippen molar-refractivity contribution in [3.63, 3.8) is 0 Å². The van der Waals surface area contributed by atoms with E-state index < -0.39 is 0 Å². The zero-order valence-electron chi connectivity index (χ0n) is 10.5. The number of anilines is 1. The van der Waals surface area contributed by atoms with Crippen LogP contribution in [0.3, 0.4) is 0 Å². The molecule has 0 aliphatic carbocycles. The number of rotatable bonds is 3. The van der Waals surface area contributed by atoms with Crippen molar-refractivity contribution in [1.29, 1.82) is 0 Å². The summed E-state index contributed by atoms with van der Waals surface area (Å²) in [5, 5.41) is 3.55. The van der Waals surface area contributed by atoms with E-state index in [2.05, 4.69) is 5.32 Å². The summed E-state index contributed by atoms with van der Waals surface area (Å²) in [6.07, 6.45) is 0. The maximum Gasteiger partial charge on any atom is 0.263 e. The van der Waals surface area contributed by atoms with E-state index >= 15 is 0 Å². The first kappa shape index (κ1) is 12.7. The van der Waals surface area contributed by atoms with Gasteiger partial charge in [0, 0.05) is 0 Å². The topological polar surface area (TPSA) is 49.4 Å². The van der Waals surface area contributed by atoms with Gasteiger partial charge in [0.25, 0.3) is 11.8 Å². The van der Waals surface area contributed by atoms with Gasteiger partial charge in [-0.15, -0.1) is 0 Å². The Labute approximate surface area is 121 Å². The molecule has 3 rings (SSSR count). The molecule has 2 aromatic carbocycles. The molecule has 1 heterocycles. The van der Waals surface area contributed by atoms with E-state index in [0.717, 1.165) is 0 Å². The highest BCUT2D eigenvalue weighted by atomic mass is 35.5. The van der Waals surface area contributed by atoms with Gasteiger partial charge in [0.15, 0.2) is 0 Å². The second-order valence-electron chi connectivity index (χ2n) is 4.40. The van der Waals surface area contributed by atoms with Crippen molar-refractivity contribution in [2.75, 3.05) is 12.0 Å². The molecule has 2 aromatic rings. The molecule has 1 aliphatic rings. The third kappa shape index (κ3) is 2.04. The van der Waals surface area contributed by atoms with Crippen LogP contribution in [0.2, 0.25) is 5.02 Å². The van der Waals surface area contributed by atoms with Crippen LogP contribution in [0.15, 0.2) is 48.5 Å². The summed E-state index contributed by atoms with van der Waals surface area (Å²) in [4.78, 5) is 25.5. The minimum atomic E-state index is -0.287. The number of fused-ring (bicyclic) bond motifs is 1. The van der Waals surface area contributed by atoms with Crippen LogP contribution in [0.4, 0.5) is 5.69 Å². The van der Waals surface area contributed by atoms with Crippen molar-refractivity contribution >= 4 is 29.1 Å². The molecule has 20 heavy (non-hydrogen) atoms. The molecule has 100 valence electrons. The first-order chi connectivity index (χ1) is 9.68. The number of hydrogen-bond acceptors (Lipinski definition) is 3. The fourth-order valence-electron chi connectivity index (χ4n) is 2.15. The normalized spacial score (nSPS) is 13.6. The lowest BCUT2D eigenvalue weighted by atomic mass is 10.1. The molecule has 0 radical (unpaired) electrons. The van der Waals surface area contributed by atoms with Crippen molar-refractivity contribution in [1.82, 2.24) is 4.90 Å². The number of halogens is 1. The van der Waals surface area contributed by atoms with Crippen molar-refractivity contribution in [2.24, 2.45) is 0 Å². The predicted octanol–water partition coefficient (Wildman–Crippen LogP) is 3.01. The lowest BCUT2D eigenvalue weighted by Crippen LogP contribution is -2.34. The van der Waals surface area contributed by atoms with E-state index in [-0.39, 0.29) is 18.5 Å². The van der Waals surface area contributed by atoms with Gasteiger partial charge in [0.1, 0.15) is 0 Å². The van der Waals surface area contributed by atoms with E-state index in [1.807, 2.05) is 12.1 Å². The Balaban J connectivity index is 1.79. The highest BCUT2D eigenvalue weighted by molar-refractivity contribution is 6.33. The van der Waals surface area contributed by atoms with Crippen LogP contribution in [-0.2, 0) is 0 Å². The Morgan fingerprint density at radius 3 is 2.05 bits per heavy atom. The molecular formula is C15H11ClN2O2. The molecule has 2 amide bonds. The number of imide groups is 1. The summed E-state index contributed by atoms with van der Waals surface area (Å²) in [5.74, 6) is -0.574. The Morgan fingerprint density at radius 1 is 0.900 bits per heavy atom. The van der Waals surface area contributed by atoms with E-state index in [1.54, 1.807) is 36.4 Å². The van der Waals surface area contributed by atoms with Gasteiger partial charge in [-0.1, -0.05) is 35.9 Å². The van der Waals surface area contributed by atoms with Crippen LogP contribution in [-0.4, -0.2) is 23.4 Å². The third-order valence-corrected chi connectivity index (χ3v) is 3.51. The maximum atomic E-state index is 12.1. The van der Waals surface area contributed by atoms with Crippen LogP contribution in [0.5, 0.6) is 0 Å². The minimum Gasteiger partial charge on any atom is -0.366 e. The molecule has 0 spiro atoms. The molecule has 0 bridgehead atoms. The first-order valence-corrected chi connectivity index (χ1v) is 6.50. The highest BCUT2D eigenvalue weighted by Crippen LogP contribution is 2.24. The van der Waals surface area contributed by atoms with Gasteiger partial charge in [0.2, 0.25) is 0 Å². The summed E-state index contributed by atoms with van der Waals surface area (Å²) in [5.41, 5.74) is 1.57. The van der Waals surface area contributed by atoms with Gasteiger partial charge in [-0.25, -0.2) is 0 Å².